The smallest absolute Gasteiger partial charge is 0.237 e. The number of nitrogens with zero attached hydrogens (tertiary/aromatic N) is 4. The lowest BCUT2D eigenvalue weighted by atomic mass is 10.2. The fourth-order valence-corrected chi connectivity index (χ4v) is 3.04. The molecule has 21 heavy (non-hydrogen) atoms. The maximum Gasteiger partial charge on any atom is 0.237 e. The summed E-state index contributed by atoms with van der Waals surface area (Å²) in [6.45, 7) is 6.43. The fraction of sp³-hybridized carbons (Fsp3) is 0.714. The summed E-state index contributed by atoms with van der Waals surface area (Å²) < 4.78 is 0. The van der Waals surface area contributed by atoms with Crippen LogP contribution in [0.3, 0.4) is 0 Å². The van der Waals surface area contributed by atoms with E-state index in [1.807, 2.05) is 31.3 Å². The Morgan fingerprint density at radius 1 is 1.43 bits per heavy atom. The Morgan fingerprint density at radius 2 is 2.10 bits per heavy atom. The lowest BCUT2D eigenvalue weighted by Gasteiger charge is -2.35. The Kier molecular flexibility index (Phi) is 5.55. The van der Waals surface area contributed by atoms with Crippen LogP contribution in [0.1, 0.15) is 12.6 Å². The van der Waals surface area contributed by atoms with Gasteiger partial charge in [0.05, 0.1) is 18.3 Å². The third-order valence-corrected chi connectivity index (χ3v) is 4.89. The number of likely N-dealkylation sites (N-methyl/N-ethyl adjacent to an activating group) is 1. The van der Waals surface area contributed by atoms with Crippen molar-refractivity contribution in [3.05, 3.63) is 11.1 Å². The molecule has 1 N–H and O–H groups in total. The molecule has 2 rings (SSSR count). The quantitative estimate of drug-likeness (QED) is 0.856. The molecule has 1 atom stereocenters. The predicted molar refractivity (Wildman–Crippen MR) is 86.8 cm³/mol. The van der Waals surface area contributed by atoms with Gasteiger partial charge in [-0.1, -0.05) is 0 Å². The van der Waals surface area contributed by atoms with E-state index in [0.717, 1.165) is 37.0 Å². The van der Waals surface area contributed by atoms with Gasteiger partial charge in [0.25, 0.3) is 0 Å². The topological polar surface area (TPSA) is 51.7 Å². The molecule has 0 aromatic carbocycles. The van der Waals surface area contributed by atoms with E-state index in [9.17, 15) is 4.79 Å². The van der Waals surface area contributed by atoms with E-state index in [-0.39, 0.29) is 11.9 Å². The van der Waals surface area contributed by atoms with E-state index in [1.165, 1.54) is 0 Å². The molecule has 0 unspecified atom stereocenters. The first-order chi connectivity index (χ1) is 9.97. The number of carbonyl (C=O) groups excluding carboxylic acids is 1. The maximum atomic E-state index is 12.2. The predicted octanol–water partition coefficient (Wildman–Crippen LogP) is 0.461. The monoisotopic (exact) mass is 311 g/mol. The lowest BCUT2D eigenvalue weighted by Crippen LogP contribution is -2.52. The third kappa shape index (κ3) is 4.39. The molecule has 1 aliphatic heterocycles. The molecule has 0 bridgehead atoms. The van der Waals surface area contributed by atoms with Crippen molar-refractivity contribution < 1.29 is 4.79 Å². The number of piperazine rings is 1. The molecule has 0 saturated carbocycles. The number of aromatic nitrogens is 1. The molecule has 7 heteroatoms. The molecule has 1 aromatic rings. The van der Waals surface area contributed by atoms with Crippen LogP contribution in [-0.2, 0) is 11.3 Å². The van der Waals surface area contributed by atoms with Crippen LogP contribution < -0.4 is 10.2 Å². The SMILES string of the molecule is C[C@H](C(=O)NCc1csc(N(C)C)n1)N1CCN(C)CC1. The zero-order valence-corrected chi connectivity index (χ0v) is 14.1. The summed E-state index contributed by atoms with van der Waals surface area (Å²) in [4.78, 5) is 23.2. The van der Waals surface area contributed by atoms with Crippen LogP contribution in [0.25, 0.3) is 0 Å². The van der Waals surface area contributed by atoms with Crippen molar-refractivity contribution in [2.45, 2.75) is 19.5 Å². The van der Waals surface area contributed by atoms with E-state index >= 15 is 0 Å². The first-order valence-electron chi connectivity index (χ1n) is 7.29. The summed E-state index contributed by atoms with van der Waals surface area (Å²) in [7, 11) is 6.06. The number of thiazole rings is 1. The summed E-state index contributed by atoms with van der Waals surface area (Å²) in [6, 6.07) is -0.0781. The molecule has 6 nitrogen and oxygen atoms in total. The van der Waals surface area contributed by atoms with Crippen LogP contribution in [0.5, 0.6) is 0 Å². The molecule has 1 saturated heterocycles. The highest BCUT2D eigenvalue weighted by Crippen LogP contribution is 2.17. The number of nitrogens with one attached hydrogen (secondary N) is 1. The number of hydrogen-bond donors (Lipinski definition) is 1. The molecule has 118 valence electrons. The van der Waals surface area contributed by atoms with Crippen molar-refractivity contribution in [2.75, 3.05) is 52.2 Å². The van der Waals surface area contributed by atoms with Gasteiger partial charge in [0.1, 0.15) is 0 Å². The maximum absolute atomic E-state index is 12.2. The van der Waals surface area contributed by atoms with Gasteiger partial charge >= 0.3 is 0 Å². The van der Waals surface area contributed by atoms with E-state index in [4.69, 9.17) is 0 Å². The Morgan fingerprint density at radius 3 is 2.67 bits per heavy atom. The minimum atomic E-state index is -0.0781. The summed E-state index contributed by atoms with van der Waals surface area (Å²) in [6.07, 6.45) is 0. The van der Waals surface area contributed by atoms with E-state index in [2.05, 4.69) is 27.1 Å². The summed E-state index contributed by atoms with van der Waals surface area (Å²) in [5.41, 5.74) is 0.919. The first kappa shape index (κ1) is 16.2. The van der Waals surface area contributed by atoms with Gasteiger partial charge in [-0.25, -0.2) is 4.98 Å². The van der Waals surface area contributed by atoms with Crippen LogP contribution in [0.4, 0.5) is 5.13 Å². The molecule has 0 aliphatic carbocycles. The van der Waals surface area contributed by atoms with Crippen LogP contribution in [0, 0.1) is 0 Å². The van der Waals surface area contributed by atoms with Gasteiger partial charge in [-0.3, -0.25) is 9.69 Å². The number of amides is 1. The molecule has 1 amide bonds. The van der Waals surface area contributed by atoms with Gasteiger partial charge in [0.15, 0.2) is 5.13 Å². The Hall–Kier alpha value is -1.18. The molecule has 0 radical (unpaired) electrons. The highest BCUT2D eigenvalue weighted by Gasteiger charge is 2.24. The minimum Gasteiger partial charge on any atom is -0.354 e. The normalized spacial score (nSPS) is 18.5. The van der Waals surface area contributed by atoms with Crippen LogP contribution in [0.2, 0.25) is 0 Å². The number of hydrogen-bond acceptors (Lipinski definition) is 6. The minimum absolute atomic E-state index is 0.0781. The summed E-state index contributed by atoms with van der Waals surface area (Å²) in [5.74, 6) is 0.0824. The summed E-state index contributed by atoms with van der Waals surface area (Å²) >= 11 is 1.59. The number of carbonyl (C=O) groups is 1. The fourth-order valence-electron chi connectivity index (χ4n) is 2.28. The molecule has 1 aliphatic rings. The zero-order valence-electron chi connectivity index (χ0n) is 13.3. The zero-order chi connectivity index (χ0) is 15.4. The van der Waals surface area contributed by atoms with Crippen LogP contribution >= 0.6 is 11.3 Å². The van der Waals surface area contributed by atoms with Gasteiger partial charge in [-0.2, -0.15) is 0 Å². The highest BCUT2D eigenvalue weighted by atomic mass is 32.1. The van der Waals surface area contributed by atoms with Gasteiger partial charge in [0.2, 0.25) is 5.91 Å². The second-order valence-electron chi connectivity index (χ2n) is 5.75. The molecular weight excluding hydrogens is 286 g/mol. The van der Waals surface area contributed by atoms with E-state index < -0.39 is 0 Å². The number of rotatable bonds is 5. The summed E-state index contributed by atoms with van der Waals surface area (Å²) in [5, 5.41) is 5.95. The molecule has 1 aromatic heterocycles. The van der Waals surface area contributed by atoms with E-state index in [1.54, 1.807) is 11.3 Å². The van der Waals surface area contributed by atoms with Gasteiger partial charge in [-0.15, -0.1) is 11.3 Å². The number of anilines is 1. The van der Waals surface area contributed by atoms with Gasteiger partial charge in [0, 0.05) is 45.7 Å². The molecule has 0 spiro atoms. The van der Waals surface area contributed by atoms with Crippen molar-refractivity contribution in [2.24, 2.45) is 0 Å². The second kappa shape index (κ2) is 7.20. The average molecular weight is 311 g/mol. The van der Waals surface area contributed by atoms with Crippen LogP contribution in [0.15, 0.2) is 5.38 Å². The van der Waals surface area contributed by atoms with Crippen molar-refractivity contribution in [1.82, 2.24) is 20.1 Å². The van der Waals surface area contributed by atoms with Crippen molar-refractivity contribution >= 4 is 22.4 Å². The Balaban J connectivity index is 1.80. The standard InChI is InChI=1S/C14H25N5OS/c1-11(19-7-5-18(4)6-8-19)13(20)15-9-12-10-21-14(16-12)17(2)3/h10-11H,5-9H2,1-4H3,(H,15,20)/t11-/m1/s1. The first-order valence-corrected chi connectivity index (χ1v) is 8.17. The van der Waals surface area contributed by atoms with E-state index in [0.29, 0.717) is 6.54 Å². The van der Waals surface area contributed by atoms with Crippen LogP contribution in [-0.4, -0.2) is 74.1 Å². The van der Waals surface area contributed by atoms with Crippen molar-refractivity contribution in [3.63, 3.8) is 0 Å². The highest BCUT2D eigenvalue weighted by molar-refractivity contribution is 7.13. The molecule has 2 heterocycles. The molecule has 1 fully saturated rings. The Labute approximate surface area is 130 Å². The van der Waals surface area contributed by atoms with Crippen molar-refractivity contribution in [1.29, 1.82) is 0 Å². The molecular formula is C14H25N5OS. The van der Waals surface area contributed by atoms with Gasteiger partial charge < -0.3 is 15.1 Å². The lowest BCUT2D eigenvalue weighted by molar-refractivity contribution is -0.126. The third-order valence-electron chi connectivity index (χ3n) is 3.83. The average Bonchev–Trinajstić information content (AvgIpc) is 2.94. The van der Waals surface area contributed by atoms with Gasteiger partial charge in [-0.05, 0) is 14.0 Å². The second-order valence-corrected chi connectivity index (χ2v) is 6.59. The Bertz CT molecular complexity index is 468. The van der Waals surface area contributed by atoms with Crippen molar-refractivity contribution in [3.8, 4) is 0 Å². The largest absolute Gasteiger partial charge is 0.354 e.